The molecule has 1 unspecified atom stereocenters. The number of aliphatic hydroxyl groups is 1. The summed E-state index contributed by atoms with van der Waals surface area (Å²) >= 11 is 5.88. The van der Waals surface area contributed by atoms with Crippen molar-refractivity contribution in [3.05, 3.63) is 29.3 Å². The molecule has 0 fully saturated rings. The van der Waals surface area contributed by atoms with E-state index in [4.69, 9.17) is 16.3 Å². The Morgan fingerprint density at radius 3 is 2.78 bits per heavy atom. The van der Waals surface area contributed by atoms with Gasteiger partial charge < -0.3 is 15.2 Å². The summed E-state index contributed by atoms with van der Waals surface area (Å²) in [5.74, 6) is 0.181. The summed E-state index contributed by atoms with van der Waals surface area (Å²) in [6.07, 6.45) is 0.568. The quantitative estimate of drug-likeness (QED) is 0.832. The zero-order valence-corrected chi connectivity index (χ0v) is 11.3. The normalized spacial score (nSPS) is 13.8. The van der Waals surface area contributed by atoms with Gasteiger partial charge >= 0.3 is 0 Å². The van der Waals surface area contributed by atoms with Crippen LogP contribution in [0.15, 0.2) is 24.3 Å². The summed E-state index contributed by atoms with van der Waals surface area (Å²) in [4.78, 5) is 11.5. The molecule has 1 aromatic carbocycles. The molecule has 100 valence electrons. The van der Waals surface area contributed by atoms with Crippen molar-refractivity contribution in [1.29, 1.82) is 0 Å². The molecule has 0 bridgehead atoms. The molecule has 0 aliphatic rings. The molecular weight excluding hydrogens is 254 g/mol. The number of para-hydroxylation sites is 1. The molecule has 1 rings (SSSR count). The minimum atomic E-state index is -0.889. The van der Waals surface area contributed by atoms with E-state index < -0.39 is 5.60 Å². The summed E-state index contributed by atoms with van der Waals surface area (Å²) in [6, 6.07) is 6.95. The van der Waals surface area contributed by atoms with Crippen molar-refractivity contribution < 1.29 is 14.6 Å². The summed E-state index contributed by atoms with van der Waals surface area (Å²) in [6.45, 7) is 3.60. The number of rotatable bonds is 6. The van der Waals surface area contributed by atoms with E-state index in [-0.39, 0.29) is 19.1 Å². The number of ether oxygens (including phenoxy) is 1. The molecule has 4 nitrogen and oxygen atoms in total. The lowest BCUT2D eigenvalue weighted by Gasteiger charge is -2.21. The third kappa shape index (κ3) is 4.94. The van der Waals surface area contributed by atoms with E-state index in [1.54, 1.807) is 31.2 Å². The highest BCUT2D eigenvalue weighted by Gasteiger charge is 2.18. The average molecular weight is 272 g/mol. The van der Waals surface area contributed by atoms with E-state index in [9.17, 15) is 9.90 Å². The van der Waals surface area contributed by atoms with Gasteiger partial charge in [0.15, 0.2) is 6.61 Å². The molecule has 1 atom stereocenters. The van der Waals surface area contributed by atoms with Crippen molar-refractivity contribution >= 4 is 17.5 Å². The van der Waals surface area contributed by atoms with Gasteiger partial charge in [-0.15, -0.1) is 0 Å². The zero-order valence-electron chi connectivity index (χ0n) is 10.6. The second-order valence-corrected chi connectivity index (χ2v) is 4.75. The van der Waals surface area contributed by atoms with Crippen LogP contribution in [-0.4, -0.2) is 29.8 Å². The highest BCUT2D eigenvalue weighted by molar-refractivity contribution is 6.32. The van der Waals surface area contributed by atoms with Crippen LogP contribution in [0.2, 0.25) is 5.02 Å². The molecule has 0 saturated carbocycles. The van der Waals surface area contributed by atoms with Crippen molar-refractivity contribution in [3.8, 4) is 5.75 Å². The van der Waals surface area contributed by atoms with E-state index in [0.29, 0.717) is 17.2 Å². The van der Waals surface area contributed by atoms with Gasteiger partial charge in [0, 0.05) is 6.54 Å². The fraction of sp³-hybridized carbons (Fsp3) is 0.462. The predicted octanol–water partition coefficient (Wildman–Crippen LogP) is 2.00. The van der Waals surface area contributed by atoms with Gasteiger partial charge in [0.1, 0.15) is 5.75 Å². The first-order chi connectivity index (χ1) is 8.44. The van der Waals surface area contributed by atoms with Crippen LogP contribution in [0.3, 0.4) is 0 Å². The Morgan fingerprint density at radius 1 is 1.50 bits per heavy atom. The molecule has 5 heteroatoms. The smallest absolute Gasteiger partial charge is 0.258 e. The van der Waals surface area contributed by atoms with Gasteiger partial charge in [0.25, 0.3) is 5.91 Å². The highest BCUT2D eigenvalue weighted by atomic mass is 35.5. The maximum atomic E-state index is 11.5. The van der Waals surface area contributed by atoms with Crippen LogP contribution in [0.4, 0.5) is 0 Å². The second-order valence-electron chi connectivity index (χ2n) is 4.35. The number of amides is 1. The van der Waals surface area contributed by atoms with E-state index in [0.717, 1.165) is 0 Å². The van der Waals surface area contributed by atoms with Crippen LogP contribution in [0, 0.1) is 0 Å². The Labute approximate surface area is 112 Å². The molecule has 0 radical (unpaired) electrons. The lowest BCUT2D eigenvalue weighted by Crippen LogP contribution is -2.41. The molecule has 1 amide bonds. The Balaban J connectivity index is 2.36. The fourth-order valence-corrected chi connectivity index (χ4v) is 1.36. The Hall–Kier alpha value is -1.26. The maximum Gasteiger partial charge on any atom is 0.258 e. The van der Waals surface area contributed by atoms with Gasteiger partial charge in [-0.3, -0.25) is 4.79 Å². The number of carbonyl (C=O) groups is 1. The molecule has 1 aromatic rings. The zero-order chi connectivity index (χ0) is 13.6. The minimum Gasteiger partial charge on any atom is -0.482 e. The number of carbonyl (C=O) groups excluding carboxylic acids is 1. The lowest BCUT2D eigenvalue weighted by atomic mass is 10.0. The first kappa shape index (κ1) is 14.8. The summed E-state index contributed by atoms with van der Waals surface area (Å²) in [7, 11) is 0. The van der Waals surface area contributed by atoms with Crippen molar-refractivity contribution in [3.63, 3.8) is 0 Å². The number of halogens is 1. The molecule has 2 N–H and O–H groups in total. The van der Waals surface area contributed by atoms with Crippen LogP contribution in [-0.2, 0) is 4.79 Å². The monoisotopic (exact) mass is 271 g/mol. The van der Waals surface area contributed by atoms with Gasteiger partial charge in [-0.05, 0) is 25.5 Å². The van der Waals surface area contributed by atoms with Gasteiger partial charge in [-0.25, -0.2) is 0 Å². The van der Waals surface area contributed by atoms with Crippen LogP contribution in [0.1, 0.15) is 20.3 Å². The highest BCUT2D eigenvalue weighted by Crippen LogP contribution is 2.22. The molecule has 18 heavy (non-hydrogen) atoms. The first-order valence-corrected chi connectivity index (χ1v) is 6.19. The van der Waals surface area contributed by atoms with Crippen LogP contribution < -0.4 is 10.1 Å². The topological polar surface area (TPSA) is 58.6 Å². The maximum absolute atomic E-state index is 11.5. The van der Waals surface area contributed by atoms with Crippen LogP contribution in [0.25, 0.3) is 0 Å². The van der Waals surface area contributed by atoms with Crippen molar-refractivity contribution in [2.75, 3.05) is 13.2 Å². The first-order valence-electron chi connectivity index (χ1n) is 5.81. The number of hydrogen-bond acceptors (Lipinski definition) is 3. The molecule has 0 aliphatic heterocycles. The third-order valence-corrected chi connectivity index (χ3v) is 2.94. The number of benzene rings is 1. The lowest BCUT2D eigenvalue weighted by molar-refractivity contribution is -0.124. The van der Waals surface area contributed by atoms with Crippen molar-refractivity contribution in [2.24, 2.45) is 0 Å². The van der Waals surface area contributed by atoms with Crippen molar-refractivity contribution in [2.45, 2.75) is 25.9 Å². The number of nitrogens with one attached hydrogen (secondary N) is 1. The molecule has 0 saturated heterocycles. The van der Waals surface area contributed by atoms with Gasteiger partial charge in [0.05, 0.1) is 10.6 Å². The van der Waals surface area contributed by atoms with E-state index in [2.05, 4.69) is 5.32 Å². The third-order valence-electron chi connectivity index (χ3n) is 2.62. The SMILES string of the molecule is CCC(C)(O)CNC(=O)COc1ccccc1Cl. The van der Waals surface area contributed by atoms with Gasteiger partial charge in [-0.1, -0.05) is 30.7 Å². The van der Waals surface area contributed by atoms with Gasteiger partial charge in [0.2, 0.25) is 0 Å². The van der Waals surface area contributed by atoms with Crippen molar-refractivity contribution in [1.82, 2.24) is 5.32 Å². The largest absolute Gasteiger partial charge is 0.482 e. The fourth-order valence-electron chi connectivity index (χ4n) is 1.17. The molecule has 0 aromatic heterocycles. The van der Waals surface area contributed by atoms with Crippen LogP contribution in [0.5, 0.6) is 5.75 Å². The predicted molar refractivity (Wildman–Crippen MR) is 70.9 cm³/mol. The minimum absolute atomic E-state index is 0.122. The summed E-state index contributed by atoms with van der Waals surface area (Å²) < 4.78 is 5.27. The second kappa shape index (κ2) is 6.61. The van der Waals surface area contributed by atoms with E-state index >= 15 is 0 Å². The van der Waals surface area contributed by atoms with E-state index in [1.165, 1.54) is 0 Å². The molecular formula is C13H18ClNO3. The molecule has 0 spiro atoms. The average Bonchev–Trinajstić information content (AvgIpc) is 2.35. The Kier molecular flexibility index (Phi) is 5.44. The molecule has 0 aliphatic carbocycles. The Morgan fingerprint density at radius 2 is 2.17 bits per heavy atom. The van der Waals surface area contributed by atoms with Crippen LogP contribution >= 0.6 is 11.6 Å². The summed E-state index contributed by atoms with van der Waals surface area (Å²) in [5, 5.41) is 12.8. The van der Waals surface area contributed by atoms with E-state index in [1.807, 2.05) is 6.92 Å². The molecule has 0 heterocycles. The summed E-state index contributed by atoms with van der Waals surface area (Å²) in [5.41, 5.74) is -0.889. The number of hydrogen-bond donors (Lipinski definition) is 2. The van der Waals surface area contributed by atoms with Gasteiger partial charge in [-0.2, -0.15) is 0 Å². The Bertz CT molecular complexity index is 407. The standard InChI is InChI=1S/C13H18ClNO3/c1-3-13(2,17)9-15-12(16)8-18-11-7-5-4-6-10(11)14/h4-7,17H,3,8-9H2,1-2H3,(H,15,16).